The minimum Gasteiger partial charge on any atom is -0.396 e. The van der Waals surface area contributed by atoms with E-state index < -0.39 is 0 Å². The maximum atomic E-state index is 14.6. The maximum Gasteiger partial charge on any atom is 0.177 e. The van der Waals surface area contributed by atoms with Gasteiger partial charge in [0.05, 0.1) is 36.4 Å². The number of anilines is 2. The zero-order valence-electron chi connectivity index (χ0n) is 19.8. The van der Waals surface area contributed by atoms with Crippen molar-refractivity contribution in [1.29, 1.82) is 0 Å². The molecule has 2 atom stereocenters. The summed E-state index contributed by atoms with van der Waals surface area (Å²) in [5.74, 6) is 0.999. The minimum absolute atomic E-state index is 0.174. The summed E-state index contributed by atoms with van der Waals surface area (Å²) in [7, 11) is 0. The van der Waals surface area contributed by atoms with Crippen molar-refractivity contribution in [3.8, 4) is 0 Å². The van der Waals surface area contributed by atoms with Gasteiger partial charge in [-0.05, 0) is 55.2 Å². The highest BCUT2D eigenvalue weighted by molar-refractivity contribution is 5.69. The van der Waals surface area contributed by atoms with E-state index in [4.69, 9.17) is 20.6 Å². The standard InChI is InChI=1S/C26H34FN5O2/c1-2-20-18(6-4-8-21(20)27)15-24-23(14-17-5-3-7-19(33)13-17)29-26-22(28)16-25(30-32(24)26)31-9-11-34-12-10-31/h4,6,8,16-17,19,33H,2-3,5,7,9-15,28H2,1H3. The Kier molecular flexibility index (Phi) is 6.70. The van der Waals surface area contributed by atoms with Crippen LogP contribution in [0.25, 0.3) is 5.65 Å². The van der Waals surface area contributed by atoms with Crippen molar-refractivity contribution in [2.24, 2.45) is 5.92 Å². The molecule has 1 aliphatic carbocycles. The predicted molar refractivity (Wildman–Crippen MR) is 131 cm³/mol. The Labute approximate surface area is 199 Å². The van der Waals surface area contributed by atoms with Crippen LogP contribution in [0.2, 0.25) is 0 Å². The van der Waals surface area contributed by atoms with Crippen molar-refractivity contribution in [1.82, 2.24) is 14.6 Å². The molecule has 0 bridgehead atoms. The third-order valence-electron chi connectivity index (χ3n) is 7.28. The number of imidazole rings is 1. The third-order valence-corrected chi connectivity index (χ3v) is 7.28. The monoisotopic (exact) mass is 467 g/mol. The van der Waals surface area contributed by atoms with Gasteiger partial charge in [0.25, 0.3) is 0 Å². The Morgan fingerprint density at radius 2 is 2.06 bits per heavy atom. The van der Waals surface area contributed by atoms with Gasteiger partial charge in [-0.1, -0.05) is 25.5 Å². The number of halogens is 1. The van der Waals surface area contributed by atoms with Gasteiger partial charge in [-0.3, -0.25) is 0 Å². The molecule has 1 saturated heterocycles. The zero-order chi connectivity index (χ0) is 23.7. The average Bonchev–Trinajstić information content (AvgIpc) is 3.17. The quantitative estimate of drug-likeness (QED) is 0.577. The van der Waals surface area contributed by atoms with Gasteiger partial charge in [-0.25, -0.2) is 13.9 Å². The second-order valence-electron chi connectivity index (χ2n) is 9.60. The summed E-state index contributed by atoms with van der Waals surface area (Å²) in [6.07, 6.45) is 5.43. The fraction of sp³-hybridized carbons (Fsp3) is 0.538. The molecule has 7 nitrogen and oxygen atoms in total. The summed E-state index contributed by atoms with van der Waals surface area (Å²) in [5.41, 5.74) is 11.3. The van der Waals surface area contributed by atoms with E-state index in [1.165, 1.54) is 6.07 Å². The van der Waals surface area contributed by atoms with Gasteiger partial charge >= 0.3 is 0 Å². The van der Waals surface area contributed by atoms with Gasteiger partial charge in [0.2, 0.25) is 0 Å². The topological polar surface area (TPSA) is 88.9 Å². The number of hydrogen-bond donors (Lipinski definition) is 2. The summed E-state index contributed by atoms with van der Waals surface area (Å²) in [4.78, 5) is 7.13. The van der Waals surface area contributed by atoms with Crippen molar-refractivity contribution in [3.63, 3.8) is 0 Å². The summed E-state index contributed by atoms with van der Waals surface area (Å²) in [6, 6.07) is 7.18. The van der Waals surface area contributed by atoms with Gasteiger partial charge in [-0.15, -0.1) is 5.10 Å². The smallest absolute Gasteiger partial charge is 0.177 e. The second-order valence-corrected chi connectivity index (χ2v) is 9.60. The molecule has 5 rings (SSSR count). The number of hydrogen-bond acceptors (Lipinski definition) is 6. The van der Waals surface area contributed by atoms with E-state index in [1.807, 2.05) is 23.6 Å². The molecule has 0 radical (unpaired) electrons. The molecule has 1 saturated carbocycles. The molecule has 1 aromatic carbocycles. The summed E-state index contributed by atoms with van der Waals surface area (Å²) in [5, 5.41) is 15.2. The number of ether oxygens (including phenoxy) is 1. The number of aliphatic hydroxyl groups is 1. The first-order chi connectivity index (χ1) is 16.5. The van der Waals surface area contributed by atoms with E-state index in [9.17, 15) is 9.50 Å². The number of aromatic nitrogens is 3. The average molecular weight is 468 g/mol. The molecule has 0 amide bonds. The molecule has 3 N–H and O–H groups in total. The lowest BCUT2D eigenvalue weighted by molar-refractivity contribution is 0.101. The maximum absolute atomic E-state index is 14.6. The summed E-state index contributed by atoms with van der Waals surface area (Å²) < 4.78 is 22.0. The van der Waals surface area contributed by atoms with Crippen LogP contribution in [0.4, 0.5) is 15.9 Å². The Hall–Kier alpha value is -2.71. The van der Waals surface area contributed by atoms with Gasteiger partial charge in [-0.2, -0.15) is 0 Å². The van der Waals surface area contributed by atoms with E-state index in [0.717, 1.165) is 73.5 Å². The number of nitrogens with zero attached hydrogens (tertiary/aromatic N) is 4. The lowest BCUT2D eigenvalue weighted by Crippen LogP contribution is -2.37. The first-order valence-electron chi connectivity index (χ1n) is 12.5. The second kappa shape index (κ2) is 9.88. The molecule has 1 aliphatic heterocycles. The predicted octanol–water partition coefficient (Wildman–Crippen LogP) is 3.53. The number of morpholine rings is 1. The molecule has 2 aromatic heterocycles. The molecule has 8 heteroatoms. The molecule has 2 fully saturated rings. The molecule has 3 aromatic rings. The Balaban J connectivity index is 1.59. The van der Waals surface area contributed by atoms with Crippen molar-refractivity contribution in [2.45, 2.75) is 58.0 Å². The fourth-order valence-corrected chi connectivity index (χ4v) is 5.47. The van der Waals surface area contributed by atoms with Crippen LogP contribution in [0.3, 0.4) is 0 Å². The highest BCUT2D eigenvalue weighted by Gasteiger charge is 2.26. The van der Waals surface area contributed by atoms with E-state index >= 15 is 0 Å². The van der Waals surface area contributed by atoms with Gasteiger partial charge in [0.1, 0.15) is 5.82 Å². The number of nitrogens with two attached hydrogens (primary N) is 1. The highest BCUT2D eigenvalue weighted by atomic mass is 19.1. The van der Waals surface area contributed by atoms with Crippen molar-refractivity contribution >= 4 is 17.2 Å². The van der Waals surface area contributed by atoms with Crippen LogP contribution in [0, 0.1) is 11.7 Å². The van der Waals surface area contributed by atoms with Crippen LogP contribution in [0.15, 0.2) is 24.3 Å². The van der Waals surface area contributed by atoms with Crippen molar-refractivity contribution in [3.05, 3.63) is 52.6 Å². The van der Waals surface area contributed by atoms with Crippen LogP contribution in [0.1, 0.15) is 55.1 Å². The van der Waals surface area contributed by atoms with E-state index in [1.54, 1.807) is 6.07 Å². The van der Waals surface area contributed by atoms with Crippen LogP contribution >= 0.6 is 0 Å². The molecule has 3 heterocycles. The molecule has 2 unspecified atom stereocenters. The van der Waals surface area contributed by atoms with Crippen LogP contribution in [-0.4, -0.2) is 52.1 Å². The van der Waals surface area contributed by atoms with E-state index in [-0.39, 0.29) is 11.9 Å². The zero-order valence-corrected chi connectivity index (χ0v) is 19.8. The number of rotatable bonds is 6. The Morgan fingerprint density at radius 3 is 2.82 bits per heavy atom. The first kappa shape index (κ1) is 23.1. The lowest BCUT2D eigenvalue weighted by atomic mass is 9.84. The highest BCUT2D eigenvalue weighted by Crippen LogP contribution is 2.31. The molecular weight excluding hydrogens is 433 g/mol. The van der Waals surface area contributed by atoms with Gasteiger partial charge in [0.15, 0.2) is 11.5 Å². The van der Waals surface area contributed by atoms with E-state index in [0.29, 0.717) is 43.3 Å². The molecule has 0 spiro atoms. The molecule has 2 aliphatic rings. The molecule has 182 valence electrons. The van der Waals surface area contributed by atoms with Crippen LogP contribution in [0.5, 0.6) is 0 Å². The summed E-state index contributed by atoms with van der Waals surface area (Å²) in [6.45, 7) is 4.83. The van der Waals surface area contributed by atoms with Crippen molar-refractivity contribution < 1.29 is 14.2 Å². The third kappa shape index (κ3) is 4.61. The number of benzene rings is 1. The number of nitrogen functional groups attached to an aromatic ring is 1. The van der Waals surface area contributed by atoms with E-state index in [2.05, 4.69) is 4.90 Å². The minimum atomic E-state index is -0.245. The molecular formula is C26H34FN5O2. The normalized spacial score (nSPS) is 21.3. The fourth-order valence-electron chi connectivity index (χ4n) is 5.47. The van der Waals surface area contributed by atoms with Gasteiger partial charge in [0, 0.05) is 25.6 Å². The largest absolute Gasteiger partial charge is 0.396 e. The molecule has 34 heavy (non-hydrogen) atoms. The SMILES string of the molecule is CCc1c(F)cccc1Cc1c(CC2CCCC(O)C2)nc2c(N)cc(N3CCOCC3)nn12. The van der Waals surface area contributed by atoms with Crippen molar-refractivity contribution in [2.75, 3.05) is 36.9 Å². The van der Waals surface area contributed by atoms with Gasteiger partial charge < -0.3 is 20.5 Å². The first-order valence-corrected chi connectivity index (χ1v) is 12.5. The Bertz CT molecular complexity index is 1160. The Morgan fingerprint density at radius 1 is 1.24 bits per heavy atom. The lowest BCUT2D eigenvalue weighted by Gasteiger charge is -2.28. The number of aliphatic hydroxyl groups excluding tert-OH is 1. The van der Waals surface area contributed by atoms with Crippen LogP contribution < -0.4 is 10.6 Å². The van der Waals surface area contributed by atoms with Crippen LogP contribution in [-0.2, 0) is 24.0 Å². The summed E-state index contributed by atoms with van der Waals surface area (Å²) >= 11 is 0. The number of fused-ring (bicyclic) bond motifs is 1.